The fourth-order valence-electron chi connectivity index (χ4n) is 1.71. The maximum absolute atomic E-state index is 6.04. The zero-order chi connectivity index (χ0) is 14.2. The van der Waals surface area contributed by atoms with Crippen molar-refractivity contribution in [2.45, 2.75) is 33.1 Å². The summed E-state index contributed by atoms with van der Waals surface area (Å²) in [4.78, 5) is 8.53. The highest BCUT2D eigenvalue weighted by molar-refractivity contribution is 6.34. The molecule has 100 valence electrons. The van der Waals surface area contributed by atoms with Crippen LogP contribution >= 0.6 is 23.2 Å². The summed E-state index contributed by atoms with van der Waals surface area (Å²) >= 11 is 12.1. The Morgan fingerprint density at radius 2 is 1.37 bits per heavy atom. The molecule has 0 spiro atoms. The smallest absolute Gasteiger partial charge is 0.162 e. The van der Waals surface area contributed by atoms with Gasteiger partial charge in [0.25, 0.3) is 0 Å². The maximum atomic E-state index is 6.04. The molecule has 2 nitrogen and oxygen atoms in total. The van der Waals surface area contributed by atoms with E-state index in [1.807, 2.05) is 12.1 Å². The van der Waals surface area contributed by atoms with Crippen LogP contribution in [0.25, 0.3) is 11.4 Å². The summed E-state index contributed by atoms with van der Waals surface area (Å²) in [6, 6.07) is 8.16. The standard InChI is InChI=1S/C15H16Cl2N2/c1-9-12(16)18-14(19-13(9)17)10-5-7-11(8-6-10)15(2,3)4/h5-8H,1-4H3. The van der Waals surface area contributed by atoms with Gasteiger partial charge in [-0.15, -0.1) is 0 Å². The highest BCUT2D eigenvalue weighted by Gasteiger charge is 2.14. The SMILES string of the molecule is Cc1c(Cl)nc(-c2ccc(C(C)(C)C)cc2)nc1Cl. The predicted molar refractivity (Wildman–Crippen MR) is 80.9 cm³/mol. The lowest BCUT2D eigenvalue weighted by Gasteiger charge is -2.19. The van der Waals surface area contributed by atoms with E-state index in [-0.39, 0.29) is 5.41 Å². The number of benzene rings is 1. The van der Waals surface area contributed by atoms with E-state index in [0.29, 0.717) is 21.7 Å². The fraction of sp³-hybridized carbons (Fsp3) is 0.333. The van der Waals surface area contributed by atoms with Crippen LogP contribution in [0.15, 0.2) is 24.3 Å². The molecule has 0 N–H and O–H groups in total. The quantitative estimate of drug-likeness (QED) is 0.687. The van der Waals surface area contributed by atoms with Crippen LogP contribution in [-0.4, -0.2) is 9.97 Å². The van der Waals surface area contributed by atoms with Gasteiger partial charge in [-0.2, -0.15) is 0 Å². The molecule has 0 aliphatic rings. The first-order valence-electron chi connectivity index (χ1n) is 6.09. The van der Waals surface area contributed by atoms with Gasteiger partial charge in [-0.05, 0) is 17.9 Å². The van der Waals surface area contributed by atoms with Gasteiger partial charge in [0, 0.05) is 11.1 Å². The second kappa shape index (κ2) is 5.10. The average molecular weight is 295 g/mol. The molecule has 0 unspecified atom stereocenters. The van der Waals surface area contributed by atoms with Crippen molar-refractivity contribution in [1.82, 2.24) is 9.97 Å². The lowest BCUT2D eigenvalue weighted by molar-refractivity contribution is 0.590. The Kier molecular flexibility index (Phi) is 3.84. The van der Waals surface area contributed by atoms with Gasteiger partial charge < -0.3 is 0 Å². The minimum absolute atomic E-state index is 0.127. The molecule has 2 rings (SSSR count). The van der Waals surface area contributed by atoms with Gasteiger partial charge in [-0.25, -0.2) is 9.97 Å². The highest BCUT2D eigenvalue weighted by atomic mass is 35.5. The summed E-state index contributed by atoms with van der Waals surface area (Å²) in [5.74, 6) is 0.557. The van der Waals surface area contributed by atoms with Crippen LogP contribution in [0.4, 0.5) is 0 Å². The zero-order valence-electron chi connectivity index (χ0n) is 11.5. The largest absolute Gasteiger partial charge is 0.216 e. The first-order valence-corrected chi connectivity index (χ1v) is 6.85. The first-order chi connectivity index (χ1) is 8.79. The molecule has 1 aromatic heterocycles. The monoisotopic (exact) mass is 294 g/mol. The number of nitrogens with zero attached hydrogens (tertiary/aromatic N) is 2. The summed E-state index contributed by atoms with van der Waals surface area (Å²) in [5.41, 5.74) is 3.01. The number of hydrogen-bond donors (Lipinski definition) is 0. The highest BCUT2D eigenvalue weighted by Crippen LogP contribution is 2.27. The van der Waals surface area contributed by atoms with Crippen molar-refractivity contribution >= 4 is 23.2 Å². The predicted octanol–water partition coefficient (Wildman–Crippen LogP) is 5.06. The lowest BCUT2D eigenvalue weighted by atomic mass is 9.87. The molecule has 0 amide bonds. The van der Waals surface area contributed by atoms with Crippen LogP contribution in [-0.2, 0) is 5.41 Å². The molecule has 19 heavy (non-hydrogen) atoms. The first kappa shape index (κ1) is 14.3. The second-order valence-corrected chi connectivity index (χ2v) is 6.30. The molecular weight excluding hydrogens is 279 g/mol. The zero-order valence-corrected chi connectivity index (χ0v) is 13.0. The van der Waals surface area contributed by atoms with E-state index in [0.717, 1.165) is 5.56 Å². The molecule has 0 fully saturated rings. The van der Waals surface area contributed by atoms with Crippen LogP contribution in [0.1, 0.15) is 31.9 Å². The van der Waals surface area contributed by atoms with E-state index in [9.17, 15) is 0 Å². The van der Waals surface area contributed by atoms with Crippen molar-refractivity contribution in [1.29, 1.82) is 0 Å². The third-order valence-electron chi connectivity index (χ3n) is 3.04. The van der Waals surface area contributed by atoms with Gasteiger partial charge in [-0.3, -0.25) is 0 Å². The van der Waals surface area contributed by atoms with E-state index < -0.39 is 0 Å². The second-order valence-electron chi connectivity index (χ2n) is 5.58. The Bertz CT molecular complexity index is 576. The van der Waals surface area contributed by atoms with Crippen LogP contribution in [0.2, 0.25) is 10.3 Å². The van der Waals surface area contributed by atoms with Crippen molar-refractivity contribution in [2.75, 3.05) is 0 Å². The summed E-state index contributed by atoms with van der Waals surface area (Å²) in [7, 11) is 0. The minimum Gasteiger partial charge on any atom is -0.216 e. The van der Waals surface area contributed by atoms with E-state index in [2.05, 4.69) is 42.9 Å². The topological polar surface area (TPSA) is 25.8 Å². The van der Waals surface area contributed by atoms with Crippen molar-refractivity contribution in [3.05, 3.63) is 45.7 Å². The third kappa shape index (κ3) is 3.07. The third-order valence-corrected chi connectivity index (χ3v) is 3.77. The number of hydrogen-bond acceptors (Lipinski definition) is 2. The summed E-state index contributed by atoms with van der Waals surface area (Å²) in [5, 5.41) is 0.796. The molecule has 0 saturated heterocycles. The Labute approximate surface area is 123 Å². The Hall–Kier alpha value is -1.12. The maximum Gasteiger partial charge on any atom is 0.162 e. The molecule has 0 bridgehead atoms. The molecule has 0 aliphatic carbocycles. The number of aromatic nitrogens is 2. The number of halogens is 2. The molecule has 4 heteroatoms. The van der Waals surface area contributed by atoms with Crippen molar-refractivity contribution in [2.24, 2.45) is 0 Å². The Balaban J connectivity index is 2.43. The van der Waals surface area contributed by atoms with Crippen LogP contribution in [0, 0.1) is 6.92 Å². The van der Waals surface area contributed by atoms with Crippen molar-refractivity contribution < 1.29 is 0 Å². The summed E-state index contributed by atoms with van der Waals surface area (Å²) in [6.45, 7) is 8.34. The van der Waals surface area contributed by atoms with Gasteiger partial charge in [0.05, 0.1) is 0 Å². The van der Waals surface area contributed by atoms with Crippen molar-refractivity contribution in [3.8, 4) is 11.4 Å². The summed E-state index contributed by atoms with van der Waals surface area (Å²) < 4.78 is 0. The van der Waals surface area contributed by atoms with E-state index in [1.54, 1.807) is 6.92 Å². The van der Waals surface area contributed by atoms with E-state index in [4.69, 9.17) is 23.2 Å². The molecule has 0 aliphatic heterocycles. The minimum atomic E-state index is 0.127. The number of rotatable bonds is 1. The molecule has 0 radical (unpaired) electrons. The lowest BCUT2D eigenvalue weighted by Crippen LogP contribution is -2.10. The van der Waals surface area contributed by atoms with Gasteiger partial charge >= 0.3 is 0 Å². The molecule has 1 aromatic carbocycles. The van der Waals surface area contributed by atoms with Crippen LogP contribution in [0.5, 0.6) is 0 Å². The normalized spacial score (nSPS) is 11.7. The van der Waals surface area contributed by atoms with Crippen LogP contribution < -0.4 is 0 Å². The Morgan fingerprint density at radius 1 is 0.895 bits per heavy atom. The van der Waals surface area contributed by atoms with Gasteiger partial charge in [-0.1, -0.05) is 68.2 Å². The van der Waals surface area contributed by atoms with Crippen LogP contribution in [0.3, 0.4) is 0 Å². The Morgan fingerprint density at radius 3 is 1.79 bits per heavy atom. The fourth-order valence-corrected chi connectivity index (χ4v) is 2.10. The molecule has 2 aromatic rings. The molecule has 1 heterocycles. The molecule has 0 saturated carbocycles. The van der Waals surface area contributed by atoms with Crippen molar-refractivity contribution in [3.63, 3.8) is 0 Å². The molecular formula is C15H16Cl2N2. The summed E-state index contributed by atoms with van der Waals surface area (Å²) in [6.07, 6.45) is 0. The van der Waals surface area contributed by atoms with Gasteiger partial charge in [0.1, 0.15) is 10.3 Å². The average Bonchev–Trinajstić information content (AvgIpc) is 2.34. The van der Waals surface area contributed by atoms with E-state index >= 15 is 0 Å². The van der Waals surface area contributed by atoms with Gasteiger partial charge in [0.2, 0.25) is 0 Å². The van der Waals surface area contributed by atoms with E-state index in [1.165, 1.54) is 5.56 Å². The van der Waals surface area contributed by atoms with Gasteiger partial charge in [0.15, 0.2) is 5.82 Å². The molecule has 0 atom stereocenters.